The summed E-state index contributed by atoms with van der Waals surface area (Å²) in [5.41, 5.74) is 2.83. The van der Waals surface area contributed by atoms with Gasteiger partial charge in [0.1, 0.15) is 0 Å². The molecule has 0 atom stereocenters. The lowest BCUT2D eigenvalue weighted by Crippen LogP contribution is -2.17. The van der Waals surface area contributed by atoms with Gasteiger partial charge in [0.2, 0.25) is 5.91 Å². The van der Waals surface area contributed by atoms with E-state index in [4.69, 9.17) is 6.42 Å². The van der Waals surface area contributed by atoms with E-state index in [0.717, 1.165) is 16.6 Å². The Balaban J connectivity index is 1.75. The summed E-state index contributed by atoms with van der Waals surface area (Å²) < 4.78 is 26.4. The van der Waals surface area contributed by atoms with Gasteiger partial charge >= 0.3 is 0 Å². The number of thiazole rings is 1. The molecular formula is C26H22N2O3S2. The summed E-state index contributed by atoms with van der Waals surface area (Å²) in [5, 5.41) is 0. The van der Waals surface area contributed by atoms with E-state index in [1.807, 2.05) is 60.7 Å². The average molecular weight is 475 g/mol. The molecule has 5 nitrogen and oxygen atoms in total. The van der Waals surface area contributed by atoms with Crippen LogP contribution in [0.5, 0.6) is 0 Å². The molecule has 0 N–H and O–H groups in total. The van der Waals surface area contributed by atoms with Crippen LogP contribution >= 0.6 is 11.3 Å². The molecule has 0 bridgehead atoms. The first-order valence-corrected chi connectivity index (χ1v) is 13.0. The van der Waals surface area contributed by atoms with Crippen molar-refractivity contribution in [3.05, 3.63) is 94.8 Å². The number of hydrogen-bond acceptors (Lipinski definition) is 4. The van der Waals surface area contributed by atoms with Crippen molar-refractivity contribution in [3.8, 4) is 12.3 Å². The highest BCUT2D eigenvalue weighted by molar-refractivity contribution is 7.90. The number of terminal acetylenes is 1. The molecule has 33 heavy (non-hydrogen) atoms. The van der Waals surface area contributed by atoms with Crippen molar-refractivity contribution in [3.63, 3.8) is 0 Å². The van der Waals surface area contributed by atoms with Gasteiger partial charge in [-0.25, -0.2) is 8.42 Å². The summed E-state index contributed by atoms with van der Waals surface area (Å²) in [6.45, 7) is 0.227. The third kappa shape index (κ3) is 5.14. The lowest BCUT2D eigenvalue weighted by molar-refractivity contribution is -0.118. The standard InChI is InChI=1S/C26H22N2O3S2/c1-3-16-28-23-15-14-21(33(2,30)31)17-24(23)32-26(28)27-25(29)18-22(19-10-6-4-7-11-19)20-12-8-5-9-13-20/h1,4-15,17,22H,16,18H2,2H3. The topological polar surface area (TPSA) is 68.5 Å². The predicted octanol–water partition coefficient (Wildman–Crippen LogP) is 4.39. The van der Waals surface area contributed by atoms with Crippen molar-refractivity contribution < 1.29 is 13.2 Å². The molecule has 1 heterocycles. The third-order valence-electron chi connectivity index (χ3n) is 5.33. The van der Waals surface area contributed by atoms with E-state index < -0.39 is 9.84 Å². The first-order valence-electron chi connectivity index (χ1n) is 10.3. The number of rotatable bonds is 6. The Hall–Kier alpha value is -3.47. The fraction of sp³-hybridized carbons (Fsp3) is 0.154. The number of nitrogens with zero attached hydrogens (tertiary/aromatic N) is 2. The van der Waals surface area contributed by atoms with Crippen LogP contribution in [0, 0.1) is 12.3 Å². The van der Waals surface area contributed by atoms with Gasteiger partial charge in [0.15, 0.2) is 14.6 Å². The molecule has 0 aliphatic rings. The van der Waals surface area contributed by atoms with Gasteiger partial charge in [-0.3, -0.25) is 4.79 Å². The van der Waals surface area contributed by atoms with Gasteiger partial charge < -0.3 is 4.57 Å². The molecule has 166 valence electrons. The van der Waals surface area contributed by atoms with Crippen LogP contribution in [0.25, 0.3) is 10.2 Å². The molecule has 7 heteroatoms. The lowest BCUT2D eigenvalue weighted by atomic mass is 9.88. The monoisotopic (exact) mass is 474 g/mol. The molecule has 3 aromatic carbocycles. The van der Waals surface area contributed by atoms with Crippen LogP contribution < -0.4 is 4.80 Å². The highest BCUT2D eigenvalue weighted by atomic mass is 32.2. The van der Waals surface area contributed by atoms with Crippen molar-refractivity contribution in [2.24, 2.45) is 4.99 Å². The molecule has 0 aliphatic heterocycles. The smallest absolute Gasteiger partial charge is 0.249 e. The molecule has 0 radical (unpaired) electrons. The number of amides is 1. The molecule has 1 aromatic heterocycles. The predicted molar refractivity (Wildman–Crippen MR) is 132 cm³/mol. The van der Waals surface area contributed by atoms with Crippen LogP contribution in [0.4, 0.5) is 0 Å². The first kappa shape index (κ1) is 22.7. The van der Waals surface area contributed by atoms with Crippen molar-refractivity contribution >= 4 is 37.3 Å². The molecule has 0 spiro atoms. The summed E-state index contributed by atoms with van der Waals surface area (Å²) in [7, 11) is -3.35. The van der Waals surface area contributed by atoms with Crippen LogP contribution in [-0.4, -0.2) is 25.1 Å². The largest absolute Gasteiger partial charge is 0.305 e. The summed E-state index contributed by atoms with van der Waals surface area (Å²) in [6, 6.07) is 24.6. The third-order valence-corrected chi connectivity index (χ3v) is 7.49. The van der Waals surface area contributed by atoms with E-state index in [9.17, 15) is 13.2 Å². The van der Waals surface area contributed by atoms with E-state index in [-0.39, 0.29) is 29.7 Å². The minimum Gasteiger partial charge on any atom is -0.305 e. The van der Waals surface area contributed by atoms with E-state index in [1.165, 1.54) is 17.6 Å². The van der Waals surface area contributed by atoms with Crippen LogP contribution in [0.3, 0.4) is 0 Å². The van der Waals surface area contributed by atoms with Gasteiger partial charge in [0.25, 0.3) is 0 Å². The zero-order chi connectivity index (χ0) is 23.4. The van der Waals surface area contributed by atoms with E-state index in [1.54, 1.807) is 22.8 Å². The Bertz CT molecular complexity index is 1470. The minimum atomic E-state index is -3.35. The molecule has 1 amide bonds. The number of aromatic nitrogens is 1. The van der Waals surface area contributed by atoms with Crippen molar-refractivity contribution in [2.75, 3.05) is 6.26 Å². The molecule has 0 unspecified atom stereocenters. The maximum atomic E-state index is 13.1. The molecule has 4 aromatic rings. The zero-order valence-corrected chi connectivity index (χ0v) is 19.6. The Kier molecular flexibility index (Phi) is 6.59. The molecule has 0 saturated carbocycles. The normalized spacial score (nSPS) is 12.2. The van der Waals surface area contributed by atoms with Crippen LogP contribution in [0.15, 0.2) is 88.8 Å². The summed E-state index contributed by atoms with van der Waals surface area (Å²) in [4.78, 5) is 18.2. The number of hydrogen-bond donors (Lipinski definition) is 0. The Morgan fingerprint density at radius 1 is 1.03 bits per heavy atom. The van der Waals surface area contributed by atoms with Gasteiger partial charge in [-0.05, 0) is 29.3 Å². The maximum absolute atomic E-state index is 13.1. The van der Waals surface area contributed by atoms with E-state index in [2.05, 4.69) is 10.9 Å². The fourth-order valence-electron chi connectivity index (χ4n) is 3.74. The number of carbonyl (C=O) groups is 1. The van der Waals surface area contributed by atoms with Crippen LogP contribution in [-0.2, 0) is 21.2 Å². The Morgan fingerprint density at radius 2 is 1.64 bits per heavy atom. The van der Waals surface area contributed by atoms with E-state index in [0.29, 0.717) is 9.50 Å². The van der Waals surface area contributed by atoms with Gasteiger partial charge in [-0.15, -0.1) is 6.42 Å². The molecule has 0 aliphatic carbocycles. The zero-order valence-electron chi connectivity index (χ0n) is 18.0. The average Bonchev–Trinajstić information content (AvgIpc) is 3.14. The summed E-state index contributed by atoms with van der Waals surface area (Å²) in [5.74, 6) is 2.19. The molecular weight excluding hydrogens is 452 g/mol. The fourth-order valence-corrected chi connectivity index (χ4v) is 5.55. The molecule has 0 saturated heterocycles. The van der Waals surface area contributed by atoms with Crippen molar-refractivity contribution in [1.29, 1.82) is 0 Å². The Morgan fingerprint density at radius 3 is 2.18 bits per heavy atom. The second-order valence-electron chi connectivity index (χ2n) is 7.66. The summed E-state index contributed by atoms with van der Waals surface area (Å²) >= 11 is 1.26. The highest BCUT2D eigenvalue weighted by Gasteiger charge is 2.19. The second-order valence-corrected chi connectivity index (χ2v) is 10.7. The number of sulfone groups is 1. The van der Waals surface area contributed by atoms with Gasteiger partial charge in [0.05, 0.1) is 21.7 Å². The number of benzene rings is 3. The highest BCUT2D eigenvalue weighted by Crippen LogP contribution is 2.28. The van der Waals surface area contributed by atoms with Gasteiger partial charge in [0, 0.05) is 18.6 Å². The maximum Gasteiger partial charge on any atom is 0.249 e. The van der Waals surface area contributed by atoms with Crippen LogP contribution in [0.1, 0.15) is 23.5 Å². The quantitative estimate of drug-likeness (QED) is 0.389. The van der Waals surface area contributed by atoms with Crippen LogP contribution in [0.2, 0.25) is 0 Å². The SMILES string of the molecule is C#CCn1c(=NC(=O)CC(c2ccccc2)c2ccccc2)sc2cc(S(C)(=O)=O)ccc21. The van der Waals surface area contributed by atoms with Crippen molar-refractivity contribution in [2.45, 2.75) is 23.8 Å². The second kappa shape index (κ2) is 9.57. The first-order chi connectivity index (χ1) is 15.9. The number of carbonyl (C=O) groups excluding carboxylic acids is 1. The number of fused-ring (bicyclic) bond motifs is 1. The molecule has 4 rings (SSSR count). The molecule has 0 fully saturated rings. The van der Waals surface area contributed by atoms with E-state index >= 15 is 0 Å². The minimum absolute atomic E-state index is 0.129. The van der Waals surface area contributed by atoms with Gasteiger partial charge in [-0.2, -0.15) is 4.99 Å². The Labute approximate surface area is 197 Å². The van der Waals surface area contributed by atoms with Crippen molar-refractivity contribution in [1.82, 2.24) is 4.57 Å². The van der Waals surface area contributed by atoms with Gasteiger partial charge in [-0.1, -0.05) is 77.9 Å². The summed E-state index contributed by atoms with van der Waals surface area (Å²) in [6.07, 6.45) is 6.92. The lowest BCUT2D eigenvalue weighted by Gasteiger charge is -2.16.